The second kappa shape index (κ2) is 2.63. The molecule has 0 saturated heterocycles. The van der Waals surface area contributed by atoms with E-state index in [0.29, 0.717) is 6.67 Å². The van der Waals surface area contributed by atoms with Crippen LogP contribution in [-0.2, 0) is 0 Å². The van der Waals surface area contributed by atoms with Crippen molar-refractivity contribution >= 4 is 11.4 Å². The second-order valence-electron chi connectivity index (χ2n) is 2.94. The Kier molecular flexibility index (Phi) is 1.61. The molecule has 1 aromatic rings. The Hall–Kier alpha value is -1.31. The van der Waals surface area contributed by atoms with E-state index in [0.717, 1.165) is 5.71 Å². The molecule has 0 spiro atoms. The minimum absolute atomic E-state index is 0.669. The van der Waals surface area contributed by atoms with Gasteiger partial charge in [0.1, 0.15) is 6.67 Å². The summed E-state index contributed by atoms with van der Waals surface area (Å²) < 4.78 is 0. The van der Waals surface area contributed by atoms with Gasteiger partial charge in [-0.15, -0.1) is 0 Å². The minimum atomic E-state index is 0.669. The van der Waals surface area contributed by atoms with Crippen molar-refractivity contribution in [2.24, 2.45) is 4.99 Å². The topological polar surface area (TPSA) is 15.6 Å². The number of hydrogen-bond acceptors (Lipinski definition) is 2. The third-order valence-electron chi connectivity index (χ3n) is 2.11. The molecule has 0 bridgehead atoms. The molecule has 1 aliphatic rings. The van der Waals surface area contributed by atoms with E-state index in [1.807, 2.05) is 24.0 Å². The first-order chi connectivity index (χ1) is 5.79. The minimum Gasteiger partial charge on any atom is -0.350 e. The molecule has 2 heteroatoms. The normalized spacial score (nSPS) is 15.5. The van der Waals surface area contributed by atoms with Crippen LogP contribution < -0.4 is 4.90 Å². The molecular weight excluding hydrogens is 148 g/mol. The maximum atomic E-state index is 4.33. The van der Waals surface area contributed by atoms with Crippen LogP contribution in [0.25, 0.3) is 0 Å². The Labute approximate surface area is 72.5 Å². The van der Waals surface area contributed by atoms with Crippen LogP contribution in [0.1, 0.15) is 12.5 Å². The molecule has 0 aliphatic carbocycles. The lowest BCUT2D eigenvalue weighted by molar-refractivity contribution is 0.952. The van der Waals surface area contributed by atoms with Crippen LogP contribution in [0.15, 0.2) is 29.3 Å². The molecule has 0 aromatic heterocycles. The largest absolute Gasteiger partial charge is 0.350 e. The van der Waals surface area contributed by atoms with Crippen LogP contribution >= 0.6 is 0 Å². The summed E-state index contributed by atoms with van der Waals surface area (Å²) in [5.74, 6) is 0. The van der Waals surface area contributed by atoms with Crippen molar-refractivity contribution in [3.05, 3.63) is 36.9 Å². The Bertz CT molecular complexity index is 328. The molecule has 61 valence electrons. The highest BCUT2D eigenvalue weighted by atomic mass is 15.2. The highest BCUT2D eigenvalue weighted by Gasteiger charge is 2.12. The molecular formula is C10H11N2. The summed E-state index contributed by atoms with van der Waals surface area (Å²) in [7, 11) is 3.90. The van der Waals surface area contributed by atoms with E-state index >= 15 is 0 Å². The van der Waals surface area contributed by atoms with Crippen molar-refractivity contribution in [1.29, 1.82) is 0 Å². The molecule has 0 fully saturated rings. The third-order valence-corrected chi connectivity index (χ3v) is 2.11. The molecule has 2 nitrogen and oxygen atoms in total. The Morgan fingerprint density at radius 1 is 1.42 bits per heavy atom. The van der Waals surface area contributed by atoms with Crippen molar-refractivity contribution in [3.63, 3.8) is 0 Å². The number of fused-ring (bicyclic) bond motifs is 1. The van der Waals surface area contributed by atoms with Gasteiger partial charge in [0.25, 0.3) is 0 Å². The number of benzene rings is 1. The van der Waals surface area contributed by atoms with Gasteiger partial charge in [0.05, 0.1) is 0 Å². The van der Waals surface area contributed by atoms with Crippen LogP contribution in [0.5, 0.6) is 0 Å². The van der Waals surface area contributed by atoms with Gasteiger partial charge in [0.2, 0.25) is 0 Å². The number of para-hydroxylation sites is 1. The van der Waals surface area contributed by atoms with Crippen molar-refractivity contribution in [2.45, 2.75) is 6.92 Å². The average molecular weight is 159 g/mol. The second-order valence-corrected chi connectivity index (χ2v) is 2.94. The summed E-state index contributed by atoms with van der Waals surface area (Å²) in [6, 6.07) is 8.19. The number of hydrogen-bond donors (Lipinski definition) is 0. The molecule has 2 rings (SSSR count). The van der Waals surface area contributed by atoms with E-state index in [-0.39, 0.29) is 0 Å². The molecule has 1 radical (unpaired) electrons. The molecule has 0 N–H and O–H groups in total. The number of nitrogens with zero attached hydrogens (tertiary/aromatic N) is 2. The molecule has 0 atom stereocenters. The number of aliphatic imine (C=N–C) groups is 1. The summed E-state index contributed by atoms with van der Waals surface area (Å²) >= 11 is 0. The maximum absolute atomic E-state index is 4.33. The first-order valence-corrected chi connectivity index (χ1v) is 3.97. The highest BCUT2D eigenvalue weighted by molar-refractivity contribution is 6.04. The van der Waals surface area contributed by atoms with Crippen molar-refractivity contribution < 1.29 is 0 Å². The zero-order chi connectivity index (χ0) is 8.55. The lowest BCUT2D eigenvalue weighted by Gasteiger charge is -2.24. The fourth-order valence-electron chi connectivity index (χ4n) is 1.41. The van der Waals surface area contributed by atoms with Gasteiger partial charge in [0.15, 0.2) is 0 Å². The first-order valence-electron chi connectivity index (χ1n) is 3.97. The summed E-state index contributed by atoms with van der Waals surface area (Å²) in [5, 5.41) is 0. The quantitative estimate of drug-likeness (QED) is 0.565. The molecule has 0 unspecified atom stereocenters. The zero-order valence-corrected chi connectivity index (χ0v) is 7.12. The van der Waals surface area contributed by atoms with Gasteiger partial charge in [0, 0.05) is 24.0 Å². The third kappa shape index (κ3) is 0.998. The van der Waals surface area contributed by atoms with Crippen molar-refractivity contribution in [2.75, 3.05) is 11.6 Å². The maximum Gasteiger partial charge on any atom is 0.110 e. The van der Waals surface area contributed by atoms with Gasteiger partial charge in [-0.3, -0.25) is 4.99 Å². The molecule has 1 aliphatic heterocycles. The van der Waals surface area contributed by atoms with Gasteiger partial charge in [-0.2, -0.15) is 0 Å². The fraction of sp³-hybridized carbons (Fsp3) is 0.200. The van der Waals surface area contributed by atoms with Crippen molar-refractivity contribution in [1.82, 2.24) is 0 Å². The molecule has 0 saturated carbocycles. The van der Waals surface area contributed by atoms with E-state index in [1.54, 1.807) is 0 Å². The summed E-state index contributed by atoms with van der Waals surface area (Å²) in [6.07, 6.45) is 0. The Balaban J connectivity index is 2.58. The van der Waals surface area contributed by atoms with Gasteiger partial charge in [-0.05, 0) is 13.0 Å². The van der Waals surface area contributed by atoms with Crippen LogP contribution in [0.2, 0.25) is 0 Å². The summed E-state index contributed by atoms with van der Waals surface area (Å²) in [4.78, 5) is 6.24. The van der Waals surface area contributed by atoms with E-state index in [4.69, 9.17) is 0 Å². The van der Waals surface area contributed by atoms with Crippen LogP contribution in [-0.4, -0.2) is 12.4 Å². The monoisotopic (exact) mass is 159 g/mol. The lowest BCUT2D eigenvalue weighted by Crippen LogP contribution is -2.22. The van der Waals surface area contributed by atoms with E-state index < -0.39 is 0 Å². The smallest absolute Gasteiger partial charge is 0.110 e. The lowest BCUT2D eigenvalue weighted by atomic mass is 10.1. The first kappa shape index (κ1) is 7.35. The van der Waals surface area contributed by atoms with Gasteiger partial charge in [-0.25, -0.2) is 0 Å². The fourth-order valence-corrected chi connectivity index (χ4v) is 1.41. The Morgan fingerprint density at radius 2 is 2.17 bits per heavy atom. The highest BCUT2D eigenvalue weighted by Crippen LogP contribution is 2.23. The predicted molar refractivity (Wildman–Crippen MR) is 51.4 cm³/mol. The predicted octanol–water partition coefficient (Wildman–Crippen LogP) is 2.06. The number of rotatable bonds is 0. The molecule has 0 amide bonds. The van der Waals surface area contributed by atoms with Gasteiger partial charge < -0.3 is 4.90 Å². The number of anilines is 1. The van der Waals surface area contributed by atoms with E-state index in [9.17, 15) is 0 Å². The standard InChI is InChI=1S/C10H11N2/c1-8-9-5-3-4-6-10(9)12(2)7-11-8/h3-6H,2,7H2,1H3. The average Bonchev–Trinajstić information content (AvgIpc) is 2.12. The van der Waals surface area contributed by atoms with Crippen molar-refractivity contribution in [3.8, 4) is 0 Å². The van der Waals surface area contributed by atoms with Gasteiger partial charge >= 0.3 is 0 Å². The molecule has 12 heavy (non-hydrogen) atoms. The molecule has 1 aromatic carbocycles. The van der Waals surface area contributed by atoms with Crippen LogP contribution in [0.3, 0.4) is 0 Å². The SMILES string of the molecule is [CH2]N1CN=C(C)c2ccccc21. The van der Waals surface area contributed by atoms with E-state index in [2.05, 4.69) is 24.2 Å². The van der Waals surface area contributed by atoms with Gasteiger partial charge in [-0.1, -0.05) is 18.2 Å². The summed E-state index contributed by atoms with van der Waals surface area (Å²) in [5.41, 5.74) is 3.47. The van der Waals surface area contributed by atoms with Crippen LogP contribution in [0.4, 0.5) is 5.69 Å². The Morgan fingerprint density at radius 3 is 2.92 bits per heavy atom. The summed E-state index contributed by atoms with van der Waals surface area (Å²) in [6.45, 7) is 2.70. The van der Waals surface area contributed by atoms with Crippen LogP contribution in [0, 0.1) is 7.05 Å². The van der Waals surface area contributed by atoms with E-state index in [1.165, 1.54) is 11.3 Å². The molecule has 1 heterocycles. The zero-order valence-electron chi connectivity index (χ0n) is 7.12.